The van der Waals surface area contributed by atoms with Crippen LogP contribution in [0.15, 0.2) is 60.7 Å². The summed E-state index contributed by atoms with van der Waals surface area (Å²) in [7, 11) is -2.47. The Morgan fingerprint density at radius 2 is 1.30 bits per heavy atom. The zero-order valence-electron chi connectivity index (χ0n) is 17.7. The molecule has 27 heavy (non-hydrogen) atoms. The van der Waals surface area contributed by atoms with E-state index in [9.17, 15) is 5.11 Å². The number of hydrogen-bond acceptors (Lipinski definition) is 2. The SMILES string of the molecule is CCCC(C)(CO)CCO[Si](c1ccccc1)(c1ccccc1)C(C)(C)C. The minimum atomic E-state index is -2.47. The van der Waals surface area contributed by atoms with Crippen molar-refractivity contribution in [2.45, 2.75) is 58.9 Å². The Bertz CT molecular complexity index is 639. The van der Waals surface area contributed by atoms with E-state index in [4.69, 9.17) is 4.43 Å². The Morgan fingerprint density at radius 1 is 0.815 bits per heavy atom. The molecule has 2 nitrogen and oxygen atoms in total. The fourth-order valence-corrected chi connectivity index (χ4v) is 8.66. The average Bonchev–Trinajstić information content (AvgIpc) is 2.66. The summed E-state index contributed by atoms with van der Waals surface area (Å²) >= 11 is 0. The van der Waals surface area contributed by atoms with Crippen LogP contribution in [0.2, 0.25) is 5.04 Å². The van der Waals surface area contributed by atoms with Crippen LogP contribution in [-0.2, 0) is 4.43 Å². The molecule has 0 spiro atoms. The fourth-order valence-electron chi connectivity index (χ4n) is 4.10. The average molecular weight is 385 g/mol. The van der Waals surface area contributed by atoms with Crippen LogP contribution in [0.25, 0.3) is 0 Å². The highest BCUT2D eigenvalue weighted by molar-refractivity contribution is 6.99. The molecule has 2 aromatic rings. The van der Waals surface area contributed by atoms with Gasteiger partial charge >= 0.3 is 0 Å². The summed E-state index contributed by atoms with van der Waals surface area (Å²) in [6, 6.07) is 21.5. The fraction of sp³-hybridized carbons (Fsp3) is 0.500. The van der Waals surface area contributed by atoms with E-state index in [0.29, 0.717) is 6.61 Å². The van der Waals surface area contributed by atoms with Crippen LogP contribution in [0.5, 0.6) is 0 Å². The smallest absolute Gasteiger partial charge is 0.261 e. The molecule has 3 heteroatoms. The van der Waals surface area contributed by atoms with E-state index >= 15 is 0 Å². The molecule has 1 atom stereocenters. The van der Waals surface area contributed by atoms with Crippen molar-refractivity contribution in [3.8, 4) is 0 Å². The molecule has 1 N–H and O–H groups in total. The van der Waals surface area contributed by atoms with Crippen molar-refractivity contribution in [2.24, 2.45) is 5.41 Å². The van der Waals surface area contributed by atoms with Gasteiger partial charge in [0.2, 0.25) is 0 Å². The number of benzene rings is 2. The Hall–Kier alpha value is -1.42. The molecule has 1 unspecified atom stereocenters. The summed E-state index contributed by atoms with van der Waals surface area (Å²) in [5.74, 6) is 0. The molecule has 0 radical (unpaired) electrons. The Balaban J connectivity index is 2.44. The second kappa shape index (κ2) is 9.18. The predicted octanol–water partition coefficient (Wildman–Crippen LogP) is 4.75. The summed E-state index contributed by atoms with van der Waals surface area (Å²) in [5, 5.41) is 12.5. The lowest BCUT2D eigenvalue weighted by Gasteiger charge is -2.43. The molecule has 0 aliphatic carbocycles. The summed E-state index contributed by atoms with van der Waals surface area (Å²) in [6.07, 6.45) is 2.98. The minimum Gasteiger partial charge on any atom is -0.407 e. The van der Waals surface area contributed by atoms with Gasteiger partial charge in [-0.15, -0.1) is 0 Å². The molecular weight excluding hydrogens is 348 g/mol. The van der Waals surface area contributed by atoms with Gasteiger partial charge < -0.3 is 9.53 Å². The first-order valence-corrected chi connectivity index (χ1v) is 12.1. The quantitative estimate of drug-likeness (QED) is 0.632. The first-order valence-electron chi connectivity index (χ1n) is 10.1. The lowest BCUT2D eigenvalue weighted by molar-refractivity contribution is 0.100. The van der Waals surface area contributed by atoms with Gasteiger partial charge in [0, 0.05) is 13.2 Å². The van der Waals surface area contributed by atoms with E-state index in [1.54, 1.807) is 0 Å². The van der Waals surface area contributed by atoms with Gasteiger partial charge in [-0.1, -0.05) is 102 Å². The molecule has 0 aromatic heterocycles. The number of aliphatic hydroxyl groups is 1. The lowest BCUT2D eigenvalue weighted by Crippen LogP contribution is -2.66. The van der Waals surface area contributed by atoms with Crippen LogP contribution in [0.3, 0.4) is 0 Å². The van der Waals surface area contributed by atoms with Crippen molar-refractivity contribution >= 4 is 18.7 Å². The van der Waals surface area contributed by atoms with Gasteiger partial charge in [0.1, 0.15) is 0 Å². The van der Waals surface area contributed by atoms with Crippen LogP contribution in [0, 0.1) is 5.41 Å². The summed E-state index contributed by atoms with van der Waals surface area (Å²) in [4.78, 5) is 0. The maximum Gasteiger partial charge on any atom is 0.261 e. The first-order chi connectivity index (χ1) is 12.8. The summed E-state index contributed by atoms with van der Waals surface area (Å²) < 4.78 is 6.94. The van der Waals surface area contributed by atoms with E-state index < -0.39 is 8.32 Å². The highest BCUT2D eigenvalue weighted by Gasteiger charge is 2.50. The van der Waals surface area contributed by atoms with Crippen LogP contribution in [0.4, 0.5) is 0 Å². The zero-order chi connectivity index (χ0) is 20.0. The third kappa shape index (κ3) is 4.90. The van der Waals surface area contributed by atoms with Crippen LogP contribution < -0.4 is 10.4 Å². The van der Waals surface area contributed by atoms with Crippen LogP contribution in [-0.4, -0.2) is 26.6 Å². The van der Waals surface area contributed by atoms with Crippen molar-refractivity contribution in [1.29, 1.82) is 0 Å². The molecule has 0 aliphatic heterocycles. The third-order valence-electron chi connectivity index (χ3n) is 5.68. The van der Waals surface area contributed by atoms with Crippen molar-refractivity contribution in [1.82, 2.24) is 0 Å². The second-order valence-corrected chi connectivity index (χ2v) is 13.3. The van der Waals surface area contributed by atoms with Crippen molar-refractivity contribution in [3.05, 3.63) is 60.7 Å². The van der Waals surface area contributed by atoms with Crippen molar-refractivity contribution in [2.75, 3.05) is 13.2 Å². The maximum atomic E-state index is 9.90. The standard InChI is InChI=1S/C24H36O2Si/c1-6-17-24(5,20-25)18-19-26-27(23(2,3)4,21-13-9-7-10-14-21)22-15-11-8-12-16-22/h7-16,25H,6,17-20H2,1-5H3. The minimum absolute atomic E-state index is 0.00389. The number of rotatable bonds is 9. The van der Waals surface area contributed by atoms with Gasteiger partial charge in [-0.2, -0.15) is 0 Å². The molecule has 0 aliphatic rings. The molecular formula is C24H36O2Si. The molecule has 0 amide bonds. The third-order valence-corrected chi connectivity index (χ3v) is 10.7. The number of aliphatic hydroxyl groups excluding tert-OH is 1. The highest BCUT2D eigenvalue weighted by atomic mass is 28.4. The lowest BCUT2D eigenvalue weighted by atomic mass is 9.84. The van der Waals surface area contributed by atoms with Gasteiger partial charge in [-0.25, -0.2) is 0 Å². The van der Waals surface area contributed by atoms with E-state index in [2.05, 4.69) is 95.3 Å². The Labute approximate surface area is 166 Å². The van der Waals surface area contributed by atoms with Crippen molar-refractivity contribution in [3.63, 3.8) is 0 Å². The normalized spacial score (nSPS) is 14.7. The maximum absolute atomic E-state index is 9.90. The molecule has 0 fully saturated rings. The monoisotopic (exact) mass is 384 g/mol. The van der Waals surface area contributed by atoms with E-state index in [0.717, 1.165) is 19.3 Å². The second-order valence-electron chi connectivity index (χ2n) is 8.98. The van der Waals surface area contributed by atoms with E-state index in [1.807, 2.05) is 0 Å². The molecule has 148 valence electrons. The largest absolute Gasteiger partial charge is 0.407 e. The molecule has 0 heterocycles. The van der Waals surface area contributed by atoms with E-state index in [-0.39, 0.29) is 17.1 Å². The highest BCUT2D eigenvalue weighted by Crippen LogP contribution is 2.37. The zero-order valence-corrected chi connectivity index (χ0v) is 18.7. The molecule has 0 saturated carbocycles. The topological polar surface area (TPSA) is 29.5 Å². The predicted molar refractivity (Wildman–Crippen MR) is 118 cm³/mol. The van der Waals surface area contributed by atoms with E-state index in [1.165, 1.54) is 10.4 Å². The number of hydrogen-bond donors (Lipinski definition) is 1. The molecule has 2 aromatic carbocycles. The summed E-state index contributed by atoms with van der Waals surface area (Å²) in [5.41, 5.74) is -0.0693. The van der Waals surface area contributed by atoms with Gasteiger partial charge in [-0.3, -0.25) is 0 Å². The Kier molecular flexibility index (Phi) is 7.44. The van der Waals surface area contributed by atoms with Crippen molar-refractivity contribution < 1.29 is 9.53 Å². The summed E-state index contributed by atoms with van der Waals surface area (Å²) in [6.45, 7) is 12.1. The first kappa shape index (κ1) is 21.9. The van der Waals surface area contributed by atoms with Gasteiger partial charge in [0.15, 0.2) is 0 Å². The molecule has 0 bridgehead atoms. The Morgan fingerprint density at radius 3 is 1.67 bits per heavy atom. The van der Waals surface area contributed by atoms with Gasteiger partial charge in [0.25, 0.3) is 8.32 Å². The van der Waals surface area contributed by atoms with Gasteiger partial charge in [0.05, 0.1) is 0 Å². The van der Waals surface area contributed by atoms with Crippen LogP contribution in [0.1, 0.15) is 53.9 Å². The molecule has 0 saturated heterocycles. The molecule has 2 rings (SSSR count). The van der Waals surface area contributed by atoms with Gasteiger partial charge in [-0.05, 0) is 33.7 Å². The van der Waals surface area contributed by atoms with Crippen LogP contribution >= 0.6 is 0 Å².